The predicted molar refractivity (Wildman–Crippen MR) is 55.0 cm³/mol. The van der Waals surface area contributed by atoms with E-state index in [1.807, 2.05) is 20.1 Å². The normalized spacial score (nSPS) is 15.8. The van der Waals surface area contributed by atoms with E-state index in [1.165, 1.54) is 0 Å². The van der Waals surface area contributed by atoms with Gasteiger partial charge in [0.15, 0.2) is 0 Å². The molecule has 4 heteroatoms. The third kappa shape index (κ3) is 4.52. The molecule has 2 unspecified atom stereocenters. The zero-order chi connectivity index (χ0) is 10.4. The minimum atomic E-state index is -0.899. The molecule has 78 valence electrons. The van der Waals surface area contributed by atoms with Crippen LogP contribution in [0.5, 0.6) is 0 Å². The fourth-order valence-corrected chi connectivity index (χ4v) is 1.79. The number of rotatable bonds is 6. The molecule has 0 heterocycles. The van der Waals surface area contributed by atoms with Crippen LogP contribution in [0.25, 0.3) is 0 Å². The van der Waals surface area contributed by atoms with Crippen LogP contribution in [-0.4, -0.2) is 34.3 Å². The SMILES string of the molecule is CSCCC(O)C(C(=O)O)C(C)C. The number of aliphatic hydroxyl groups is 1. The summed E-state index contributed by atoms with van der Waals surface area (Å²) in [6, 6.07) is 0. The van der Waals surface area contributed by atoms with Crippen LogP contribution >= 0.6 is 11.8 Å². The van der Waals surface area contributed by atoms with Gasteiger partial charge in [0.2, 0.25) is 0 Å². The van der Waals surface area contributed by atoms with Crippen LogP contribution in [0, 0.1) is 11.8 Å². The molecule has 2 N–H and O–H groups in total. The smallest absolute Gasteiger partial charge is 0.309 e. The Labute approximate surface area is 83.5 Å². The van der Waals surface area contributed by atoms with E-state index in [1.54, 1.807) is 11.8 Å². The van der Waals surface area contributed by atoms with Gasteiger partial charge in [-0.15, -0.1) is 0 Å². The fourth-order valence-electron chi connectivity index (χ4n) is 1.31. The number of hydrogen-bond acceptors (Lipinski definition) is 3. The zero-order valence-electron chi connectivity index (χ0n) is 8.36. The summed E-state index contributed by atoms with van der Waals surface area (Å²) < 4.78 is 0. The number of carboxylic acid groups (broad SMARTS) is 1. The van der Waals surface area contributed by atoms with Gasteiger partial charge in [0.1, 0.15) is 0 Å². The number of aliphatic carboxylic acids is 1. The molecule has 0 aliphatic heterocycles. The van der Waals surface area contributed by atoms with Crippen LogP contribution < -0.4 is 0 Å². The molecule has 0 spiro atoms. The van der Waals surface area contributed by atoms with E-state index in [2.05, 4.69) is 0 Å². The van der Waals surface area contributed by atoms with Crippen LogP contribution in [0.1, 0.15) is 20.3 Å². The van der Waals surface area contributed by atoms with Crippen molar-refractivity contribution in [1.82, 2.24) is 0 Å². The second-order valence-electron chi connectivity index (χ2n) is 3.46. The molecule has 0 aromatic heterocycles. The molecule has 2 atom stereocenters. The molecule has 0 aromatic rings. The lowest BCUT2D eigenvalue weighted by molar-refractivity contribution is -0.147. The van der Waals surface area contributed by atoms with Crippen molar-refractivity contribution in [1.29, 1.82) is 0 Å². The van der Waals surface area contributed by atoms with Crippen molar-refractivity contribution in [3.05, 3.63) is 0 Å². The molecule has 0 saturated heterocycles. The lowest BCUT2D eigenvalue weighted by atomic mass is 9.89. The van der Waals surface area contributed by atoms with Gasteiger partial charge in [-0.1, -0.05) is 13.8 Å². The topological polar surface area (TPSA) is 57.5 Å². The number of carbonyl (C=O) groups is 1. The van der Waals surface area contributed by atoms with Gasteiger partial charge in [-0.25, -0.2) is 0 Å². The average molecular weight is 206 g/mol. The molecule has 0 fully saturated rings. The van der Waals surface area contributed by atoms with E-state index in [9.17, 15) is 9.90 Å². The van der Waals surface area contributed by atoms with Gasteiger partial charge in [-0.2, -0.15) is 11.8 Å². The Bertz CT molecular complexity index is 159. The maximum absolute atomic E-state index is 10.8. The van der Waals surface area contributed by atoms with Gasteiger partial charge in [-0.3, -0.25) is 4.79 Å². The highest BCUT2D eigenvalue weighted by Crippen LogP contribution is 2.19. The van der Waals surface area contributed by atoms with Crippen LogP contribution in [0.2, 0.25) is 0 Å². The second kappa shape index (κ2) is 6.27. The standard InChI is InChI=1S/C9H18O3S/c1-6(2)8(9(11)12)7(10)4-5-13-3/h6-8,10H,4-5H2,1-3H3,(H,11,12). The van der Waals surface area contributed by atoms with Gasteiger partial charge in [-0.05, 0) is 24.3 Å². The van der Waals surface area contributed by atoms with Crippen LogP contribution in [0.15, 0.2) is 0 Å². The molecule has 3 nitrogen and oxygen atoms in total. The molecular weight excluding hydrogens is 188 g/mol. The largest absolute Gasteiger partial charge is 0.481 e. The highest BCUT2D eigenvalue weighted by molar-refractivity contribution is 7.98. The molecule has 0 aliphatic carbocycles. The molecule has 0 radical (unpaired) electrons. The Kier molecular flexibility index (Phi) is 6.16. The number of thioether (sulfide) groups is 1. The molecule has 0 aromatic carbocycles. The van der Waals surface area contributed by atoms with Gasteiger partial charge in [0, 0.05) is 0 Å². The van der Waals surface area contributed by atoms with E-state index in [-0.39, 0.29) is 5.92 Å². The van der Waals surface area contributed by atoms with Gasteiger partial charge in [0.05, 0.1) is 12.0 Å². The van der Waals surface area contributed by atoms with E-state index < -0.39 is 18.0 Å². The maximum atomic E-state index is 10.8. The van der Waals surface area contributed by atoms with Crippen molar-refractivity contribution in [2.24, 2.45) is 11.8 Å². The predicted octanol–water partition coefficient (Wildman–Crippen LogP) is 1.46. The lowest BCUT2D eigenvalue weighted by Gasteiger charge is -2.21. The van der Waals surface area contributed by atoms with Gasteiger partial charge >= 0.3 is 5.97 Å². The van der Waals surface area contributed by atoms with Crippen molar-refractivity contribution in [2.75, 3.05) is 12.0 Å². The monoisotopic (exact) mass is 206 g/mol. The Morgan fingerprint density at radius 2 is 2.00 bits per heavy atom. The van der Waals surface area contributed by atoms with E-state index in [0.29, 0.717) is 6.42 Å². The summed E-state index contributed by atoms with van der Waals surface area (Å²) in [5.41, 5.74) is 0. The second-order valence-corrected chi connectivity index (χ2v) is 4.44. The minimum absolute atomic E-state index is 0.0191. The quantitative estimate of drug-likeness (QED) is 0.690. The van der Waals surface area contributed by atoms with Crippen molar-refractivity contribution >= 4 is 17.7 Å². The Morgan fingerprint density at radius 1 is 1.46 bits per heavy atom. The van der Waals surface area contributed by atoms with Gasteiger partial charge in [0.25, 0.3) is 0 Å². The van der Waals surface area contributed by atoms with Crippen molar-refractivity contribution in [3.63, 3.8) is 0 Å². The fraction of sp³-hybridized carbons (Fsp3) is 0.889. The summed E-state index contributed by atoms with van der Waals surface area (Å²) in [5.74, 6) is -0.748. The molecule has 0 bridgehead atoms. The van der Waals surface area contributed by atoms with Crippen molar-refractivity contribution in [2.45, 2.75) is 26.4 Å². The molecule has 0 aliphatic rings. The van der Waals surface area contributed by atoms with Gasteiger partial charge < -0.3 is 10.2 Å². The minimum Gasteiger partial charge on any atom is -0.481 e. The van der Waals surface area contributed by atoms with Crippen LogP contribution in [0.4, 0.5) is 0 Å². The molecule has 13 heavy (non-hydrogen) atoms. The lowest BCUT2D eigenvalue weighted by Crippen LogP contribution is -2.32. The third-order valence-corrected chi connectivity index (χ3v) is 2.68. The Balaban J connectivity index is 4.12. The van der Waals surface area contributed by atoms with Crippen LogP contribution in [0.3, 0.4) is 0 Å². The molecular formula is C9H18O3S. The van der Waals surface area contributed by atoms with E-state index >= 15 is 0 Å². The Hall–Kier alpha value is -0.220. The zero-order valence-corrected chi connectivity index (χ0v) is 9.17. The highest BCUT2D eigenvalue weighted by atomic mass is 32.2. The van der Waals surface area contributed by atoms with E-state index in [0.717, 1.165) is 5.75 Å². The van der Waals surface area contributed by atoms with Crippen molar-refractivity contribution in [3.8, 4) is 0 Å². The summed E-state index contributed by atoms with van der Waals surface area (Å²) in [5, 5.41) is 18.4. The number of hydrogen-bond donors (Lipinski definition) is 2. The number of carboxylic acids is 1. The summed E-state index contributed by atoms with van der Waals surface area (Å²) in [7, 11) is 0. The molecule has 0 rings (SSSR count). The molecule has 0 saturated carbocycles. The summed E-state index contributed by atoms with van der Waals surface area (Å²) in [6.45, 7) is 3.64. The number of aliphatic hydroxyl groups excluding tert-OH is 1. The highest BCUT2D eigenvalue weighted by Gasteiger charge is 2.28. The molecule has 0 amide bonds. The van der Waals surface area contributed by atoms with Crippen molar-refractivity contribution < 1.29 is 15.0 Å². The van der Waals surface area contributed by atoms with Crippen LogP contribution in [-0.2, 0) is 4.79 Å². The third-order valence-electron chi connectivity index (χ3n) is 2.04. The first-order valence-corrected chi connectivity index (χ1v) is 5.79. The first-order valence-electron chi connectivity index (χ1n) is 4.40. The Morgan fingerprint density at radius 3 is 2.31 bits per heavy atom. The average Bonchev–Trinajstić information content (AvgIpc) is 1.99. The van der Waals surface area contributed by atoms with E-state index in [4.69, 9.17) is 5.11 Å². The first-order chi connectivity index (χ1) is 6.00. The first kappa shape index (κ1) is 12.8. The summed E-state index contributed by atoms with van der Waals surface area (Å²) in [4.78, 5) is 10.8. The summed E-state index contributed by atoms with van der Waals surface area (Å²) >= 11 is 1.62. The maximum Gasteiger partial charge on any atom is 0.309 e. The summed E-state index contributed by atoms with van der Waals surface area (Å²) in [6.07, 6.45) is 1.78.